The maximum Gasteiger partial charge on any atom is 0.0611 e. The van der Waals surface area contributed by atoms with E-state index in [4.69, 9.17) is 5.73 Å². The van der Waals surface area contributed by atoms with E-state index in [-0.39, 0.29) is 12.1 Å². The molecule has 3 N–H and O–H groups in total. The summed E-state index contributed by atoms with van der Waals surface area (Å²) in [5.74, 6) is 1.95. The van der Waals surface area contributed by atoms with E-state index in [2.05, 4.69) is 4.90 Å². The van der Waals surface area contributed by atoms with E-state index in [1.807, 2.05) is 0 Å². The Hall–Kier alpha value is -0.120. The van der Waals surface area contributed by atoms with Gasteiger partial charge in [0.2, 0.25) is 0 Å². The average Bonchev–Trinajstić information content (AvgIpc) is 2.90. The van der Waals surface area contributed by atoms with Crippen LogP contribution in [0.4, 0.5) is 0 Å². The normalized spacial score (nSPS) is 48.8. The number of aliphatic hydroxyl groups excluding tert-OH is 1. The minimum absolute atomic E-state index is 0.157. The zero-order valence-electron chi connectivity index (χ0n) is 10.1. The molecule has 1 saturated heterocycles. The van der Waals surface area contributed by atoms with Gasteiger partial charge in [0.1, 0.15) is 0 Å². The number of rotatable bonds is 2. The molecule has 3 nitrogen and oxygen atoms in total. The van der Waals surface area contributed by atoms with Gasteiger partial charge in [0.15, 0.2) is 0 Å². The van der Waals surface area contributed by atoms with Gasteiger partial charge >= 0.3 is 0 Å². The van der Waals surface area contributed by atoms with E-state index in [0.717, 1.165) is 24.7 Å². The molecule has 92 valence electrons. The molecule has 1 aliphatic heterocycles. The van der Waals surface area contributed by atoms with Crippen molar-refractivity contribution < 1.29 is 5.11 Å². The first-order chi connectivity index (χ1) is 7.70. The molecule has 0 spiro atoms. The van der Waals surface area contributed by atoms with Crippen molar-refractivity contribution in [3.05, 3.63) is 0 Å². The van der Waals surface area contributed by atoms with Crippen LogP contribution >= 0.6 is 0 Å². The third-order valence-corrected chi connectivity index (χ3v) is 5.20. The summed E-state index contributed by atoms with van der Waals surface area (Å²) in [6, 6.07) is 0.655. The van der Waals surface area contributed by atoms with Crippen LogP contribution in [0.1, 0.15) is 38.5 Å². The van der Waals surface area contributed by atoms with Crippen molar-refractivity contribution in [3.63, 3.8) is 0 Å². The Morgan fingerprint density at radius 3 is 2.44 bits per heavy atom. The predicted molar refractivity (Wildman–Crippen MR) is 64.0 cm³/mol. The van der Waals surface area contributed by atoms with Crippen LogP contribution in [0, 0.1) is 11.8 Å². The van der Waals surface area contributed by atoms with Gasteiger partial charge in [-0.3, -0.25) is 4.90 Å². The first kappa shape index (κ1) is 11.0. The van der Waals surface area contributed by atoms with Crippen LogP contribution in [-0.4, -0.2) is 41.3 Å². The van der Waals surface area contributed by atoms with Crippen molar-refractivity contribution in [2.24, 2.45) is 17.6 Å². The van der Waals surface area contributed by atoms with Gasteiger partial charge in [-0.2, -0.15) is 0 Å². The molecule has 2 saturated carbocycles. The van der Waals surface area contributed by atoms with Crippen molar-refractivity contribution in [3.8, 4) is 0 Å². The first-order valence-electron chi connectivity index (χ1n) is 6.84. The summed E-state index contributed by atoms with van der Waals surface area (Å²) in [7, 11) is 0. The number of likely N-dealkylation sites (tertiary alicyclic amines) is 1. The Morgan fingerprint density at radius 1 is 1.19 bits per heavy atom. The molecule has 0 amide bonds. The highest BCUT2D eigenvalue weighted by molar-refractivity contribution is 5.00. The second-order valence-electron chi connectivity index (χ2n) is 6.32. The number of hydrogen-bond donors (Lipinski definition) is 2. The smallest absolute Gasteiger partial charge is 0.0611 e. The van der Waals surface area contributed by atoms with Crippen LogP contribution in [0.25, 0.3) is 0 Å². The number of nitrogens with two attached hydrogens (primary N) is 1. The summed E-state index contributed by atoms with van der Waals surface area (Å²) in [6.07, 6.45) is 7.54. The van der Waals surface area contributed by atoms with Crippen molar-refractivity contribution >= 4 is 0 Å². The summed E-state index contributed by atoms with van der Waals surface area (Å²) in [6.45, 7) is 2.76. The minimum atomic E-state index is -0.275. The van der Waals surface area contributed by atoms with E-state index in [1.165, 1.54) is 38.8 Å². The molecule has 4 atom stereocenters. The molecule has 3 fully saturated rings. The molecule has 4 unspecified atom stereocenters. The van der Waals surface area contributed by atoms with Crippen molar-refractivity contribution in [1.29, 1.82) is 0 Å². The van der Waals surface area contributed by atoms with Gasteiger partial charge in [-0.1, -0.05) is 6.42 Å². The summed E-state index contributed by atoms with van der Waals surface area (Å²) < 4.78 is 0. The van der Waals surface area contributed by atoms with E-state index in [9.17, 15) is 5.11 Å². The van der Waals surface area contributed by atoms with Gasteiger partial charge in [-0.25, -0.2) is 0 Å². The van der Waals surface area contributed by atoms with Crippen molar-refractivity contribution in [2.45, 2.75) is 50.1 Å². The zero-order chi connectivity index (χ0) is 11.2. The summed E-state index contributed by atoms with van der Waals surface area (Å²) in [4.78, 5) is 2.67. The Labute approximate surface area is 98.0 Å². The highest BCUT2D eigenvalue weighted by Crippen LogP contribution is 2.41. The van der Waals surface area contributed by atoms with Gasteiger partial charge in [0.25, 0.3) is 0 Å². The molecular weight excluding hydrogens is 200 g/mol. The topological polar surface area (TPSA) is 49.5 Å². The lowest BCUT2D eigenvalue weighted by atomic mass is 10.0. The lowest BCUT2D eigenvalue weighted by Gasteiger charge is -2.27. The fourth-order valence-corrected chi connectivity index (χ4v) is 4.15. The quantitative estimate of drug-likeness (QED) is 0.734. The lowest BCUT2D eigenvalue weighted by Crippen LogP contribution is -2.43. The summed E-state index contributed by atoms with van der Waals surface area (Å²) in [5.41, 5.74) is 5.88. The molecular formula is C13H24N2O. The molecule has 3 rings (SSSR count). The second-order valence-corrected chi connectivity index (χ2v) is 6.32. The van der Waals surface area contributed by atoms with Crippen molar-refractivity contribution in [1.82, 2.24) is 4.90 Å². The molecule has 3 heteroatoms. The lowest BCUT2D eigenvalue weighted by molar-refractivity contribution is 0.176. The first-order valence-corrected chi connectivity index (χ1v) is 6.84. The third kappa shape index (κ3) is 1.79. The van der Waals surface area contributed by atoms with E-state index in [0.29, 0.717) is 6.04 Å². The number of aliphatic hydroxyl groups is 1. The maximum absolute atomic E-state index is 9.30. The highest BCUT2D eigenvalue weighted by Gasteiger charge is 2.43. The number of fused-ring (bicyclic) bond motifs is 1. The average molecular weight is 224 g/mol. The molecule has 0 aromatic rings. The van der Waals surface area contributed by atoms with E-state index >= 15 is 0 Å². The van der Waals surface area contributed by atoms with E-state index < -0.39 is 0 Å². The van der Waals surface area contributed by atoms with Crippen molar-refractivity contribution in [2.75, 3.05) is 19.7 Å². The molecule has 0 aromatic carbocycles. The molecule has 3 aliphatic rings. The molecule has 16 heavy (non-hydrogen) atoms. The van der Waals surface area contributed by atoms with Gasteiger partial charge in [-0.05, 0) is 43.9 Å². The molecule has 2 aliphatic carbocycles. The SMILES string of the molecule is NC1(CO)CCC(N2CC3CCCC3C2)C1. The van der Waals surface area contributed by atoms with E-state index in [1.54, 1.807) is 0 Å². The Kier molecular flexibility index (Phi) is 2.73. The summed E-state index contributed by atoms with van der Waals surface area (Å²) >= 11 is 0. The molecule has 0 radical (unpaired) electrons. The van der Waals surface area contributed by atoms with Crippen LogP contribution in [0.2, 0.25) is 0 Å². The Morgan fingerprint density at radius 2 is 1.88 bits per heavy atom. The fraction of sp³-hybridized carbons (Fsp3) is 1.00. The Balaban J connectivity index is 1.60. The Bertz CT molecular complexity index is 259. The second kappa shape index (κ2) is 3.97. The summed E-state index contributed by atoms with van der Waals surface area (Å²) in [5, 5.41) is 9.30. The highest BCUT2D eigenvalue weighted by atomic mass is 16.3. The van der Waals surface area contributed by atoms with Crippen LogP contribution in [0.15, 0.2) is 0 Å². The minimum Gasteiger partial charge on any atom is -0.394 e. The molecule has 1 heterocycles. The molecule has 0 aromatic heterocycles. The van der Waals surface area contributed by atoms with Crippen LogP contribution in [-0.2, 0) is 0 Å². The number of hydrogen-bond acceptors (Lipinski definition) is 3. The van der Waals surface area contributed by atoms with Gasteiger partial charge in [0, 0.05) is 24.7 Å². The fourth-order valence-electron chi connectivity index (χ4n) is 4.15. The standard InChI is InChI=1S/C13H24N2O/c14-13(9-16)5-4-12(6-13)15-7-10-2-1-3-11(10)8-15/h10-12,16H,1-9,14H2. The third-order valence-electron chi connectivity index (χ3n) is 5.20. The maximum atomic E-state index is 9.30. The van der Waals surface area contributed by atoms with Crippen LogP contribution in [0.5, 0.6) is 0 Å². The zero-order valence-corrected chi connectivity index (χ0v) is 10.1. The van der Waals surface area contributed by atoms with Gasteiger partial charge < -0.3 is 10.8 Å². The largest absolute Gasteiger partial charge is 0.394 e. The predicted octanol–water partition coefficient (Wildman–Crippen LogP) is 0.961. The van der Waals surface area contributed by atoms with Crippen LogP contribution in [0.3, 0.4) is 0 Å². The van der Waals surface area contributed by atoms with Gasteiger partial charge in [-0.15, -0.1) is 0 Å². The molecule has 0 bridgehead atoms. The van der Waals surface area contributed by atoms with Gasteiger partial charge in [0.05, 0.1) is 6.61 Å². The monoisotopic (exact) mass is 224 g/mol. The van der Waals surface area contributed by atoms with Crippen LogP contribution < -0.4 is 5.73 Å². The number of nitrogens with zero attached hydrogens (tertiary/aromatic N) is 1.